The average Bonchev–Trinajstić information content (AvgIpc) is 2.67. The summed E-state index contributed by atoms with van der Waals surface area (Å²) in [6.45, 7) is 1.63. The summed E-state index contributed by atoms with van der Waals surface area (Å²) in [5.41, 5.74) is 5.79. The van der Waals surface area contributed by atoms with Crippen molar-refractivity contribution in [3.8, 4) is 0 Å². The Morgan fingerprint density at radius 1 is 1.36 bits per heavy atom. The van der Waals surface area contributed by atoms with Crippen molar-refractivity contribution in [2.75, 3.05) is 13.2 Å². The van der Waals surface area contributed by atoms with E-state index < -0.39 is 0 Å². The van der Waals surface area contributed by atoms with E-state index in [1.165, 1.54) is 12.8 Å². The van der Waals surface area contributed by atoms with Crippen molar-refractivity contribution in [3.63, 3.8) is 0 Å². The molecule has 2 fully saturated rings. The first-order chi connectivity index (χ1) is 5.36. The normalized spacial score (nSPS) is 32.7. The molecular weight excluding hydrogens is 140 g/mol. The van der Waals surface area contributed by atoms with Gasteiger partial charge in [-0.15, -0.1) is 0 Å². The Morgan fingerprint density at radius 2 is 2.18 bits per heavy atom. The van der Waals surface area contributed by atoms with Crippen molar-refractivity contribution in [3.05, 3.63) is 0 Å². The first-order valence-electron chi connectivity index (χ1n) is 4.27. The summed E-state index contributed by atoms with van der Waals surface area (Å²) < 4.78 is 5.22. The van der Waals surface area contributed by atoms with Gasteiger partial charge >= 0.3 is 0 Å². The zero-order chi connectivity index (χ0) is 7.68. The van der Waals surface area contributed by atoms with Gasteiger partial charge in [0.05, 0.1) is 18.5 Å². The second kappa shape index (κ2) is 2.81. The highest BCUT2D eigenvalue weighted by Crippen LogP contribution is 2.24. The first kappa shape index (κ1) is 7.10. The Balaban J connectivity index is 1.90. The summed E-state index contributed by atoms with van der Waals surface area (Å²) in [4.78, 5) is 4.38. The second-order valence-electron chi connectivity index (χ2n) is 3.35. The van der Waals surface area contributed by atoms with Crippen LogP contribution in [0.2, 0.25) is 0 Å². The van der Waals surface area contributed by atoms with Crippen LogP contribution in [0.15, 0.2) is 4.99 Å². The Labute approximate surface area is 66.6 Å². The molecule has 1 unspecified atom stereocenters. The van der Waals surface area contributed by atoms with E-state index in [0.717, 1.165) is 25.5 Å². The number of hydrogen-bond acceptors (Lipinski definition) is 2. The number of nitrogens with two attached hydrogens (primary N) is 1. The highest BCUT2D eigenvalue weighted by Gasteiger charge is 2.24. The fourth-order valence-electron chi connectivity index (χ4n) is 1.29. The second-order valence-corrected chi connectivity index (χ2v) is 3.35. The predicted octanol–water partition coefficient (Wildman–Crippen LogP) is 0.542. The average molecular weight is 154 g/mol. The first-order valence-corrected chi connectivity index (χ1v) is 4.27. The molecule has 1 aliphatic carbocycles. The maximum absolute atomic E-state index is 5.79. The van der Waals surface area contributed by atoms with E-state index in [4.69, 9.17) is 10.5 Å². The Morgan fingerprint density at radius 3 is 2.73 bits per heavy atom. The van der Waals surface area contributed by atoms with Gasteiger partial charge in [0.25, 0.3) is 0 Å². The molecule has 1 saturated carbocycles. The van der Waals surface area contributed by atoms with Crippen molar-refractivity contribution in [2.45, 2.75) is 25.3 Å². The van der Waals surface area contributed by atoms with Crippen LogP contribution in [-0.4, -0.2) is 25.1 Å². The molecule has 2 aliphatic rings. The third-order valence-electron chi connectivity index (χ3n) is 2.23. The molecule has 0 aromatic heterocycles. The molecule has 1 heterocycles. The summed E-state index contributed by atoms with van der Waals surface area (Å²) in [5.74, 6) is 1.24. The SMILES string of the molecule is NC(=NC1CC1)C1CCOC1. The minimum Gasteiger partial charge on any atom is -0.387 e. The maximum Gasteiger partial charge on any atom is 0.0995 e. The van der Waals surface area contributed by atoms with E-state index in [2.05, 4.69) is 4.99 Å². The molecule has 1 saturated heterocycles. The van der Waals surface area contributed by atoms with Crippen LogP contribution in [0.1, 0.15) is 19.3 Å². The fourth-order valence-corrected chi connectivity index (χ4v) is 1.29. The van der Waals surface area contributed by atoms with Gasteiger partial charge in [-0.1, -0.05) is 0 Å². The van der Waals surface area contributed by atoms with E-state index in [1.54, 1.807) is 0 Å². The van der Waals surface area contributed by atoms with Crippen LogP contribution in [0.3, 0.4) is 0 Å². The van der Waals surface area contributed by atoms with Crippen LogP contribution in [-0.2, 0) is 4.74 Å². The molecule has 0 bridgehead atoms. The highest BCUT2D eigenvalue weighted by atomic mass is 16.5. The van der Waals surface area contributed by atoms with Crippen molar-refractivity contribution in [1.29, 1.82) is 0 Å². The Kier molecular flexibility index (Phi) is 1.82. The van der Waals surface area contributed by atoms with Gasteiger partial charge < -0.3 is 10.5 Å². The lowest BCUT2D eigenvalue weighted by atomic mass is 10.1. The molecule has 1 atom stereocenters. The van der Waals surface area contributed by atoms with Crippen LogP contribution < -0.4 is 5.73 Å². The lowest BCUT2D eigenvalue weighted by Crippen LogP contribution is -2.24. The molecule has 0 spiro atoms. The van der Waals surface area contributed by atoms with Gasteiger partial charge in [-0.2, -0.15) is 0 Å². The van der Waals surface area contributed by atoms with Crippen LogP contribution in [0, 0.1) is 5.92 Å². The largest absolute Gasteiger partial charge is 0.387 e. The summed E-state index contributed by atoms with van der Waals surface area (Å²) in [6, 6.07) is 0.551. The quantitative estimate of drug-likeness (QED) is 0.466. The minimum atomic E-state index is 0.413. The van der Waals surface area contributed by atoms with E-state index in [-0.39, 0.29) is 0 Å². The number of amidine groups is 1. The minimum absolute atomic E-state index is 0.413. The van der Waals surface area contributed by atoms with Gasteiger partial charge in [0.15, 0.2) is 0 Å². The molecule has 0 amide bonds. The maximum atomic E-state index is 5.79. The molecule has 2 rings (SSSR count). The third-order valence-corrected chi connectivity index (χ3v) is 2.23. The number of rotatable bonds is 2. The zero-order valence-corrected chi connectivity index (χ0v) is 6.62. The Bertz CT molecular complexity index is 169. The van der Waals surface area contributed by atoms with Gasteiger partial charge in [-0.3, -0.25) is 4.99 Å². The standard InChI is InChI=1S/C8H14N2O/c9-8(10-7-1-2-7)6-3-4-11-5-6/h6-7H,1-5H2,(H2,9,10). The van der Waals surface area contributed by atoms with Crippen LogP contribution >= 0.6 is 0 Å². The van der Waals surface area contributed by atoms with Crippen LogP contribution in [0.25, 0.3) is 0 Å². The summed E-state index contributed by atoms with van der Waals surface area (Å²) in [5, 5.41) is 0. The van der Waals surface area contributed by atoms with Gasteiger partial charge in [0.2, 0.25) is 0 Å². The molecule has 2 N–H and O–H groups in total. The topological polar surface area (TPSA) is 47.6 Å². The van der Waals surface area contributed by atoms with Gasteiger partial charge in [0, 0.05) is 12.5 Å². The van der Waals surface area contributed by atoms with Crippen LogP contribution in [0.4, 0.5) is 0 Å². The van der Waals surface area contributed by atoms with Crippen LogP contribution in [0.5, 0.6) is 0 Å². The highest BCUT2D eigenvalue weighted by molar-refractivity contribution is 5.83. The summed E-state index contributed by atoms with van der Waals surface area (Å²) in [7, 11) is 0. The van der Waals surface area contributed by atoms with Gasteiger partial charge in [-0.05, 0) is 19.3 Å². The molecule has 3 nitrogen and oxygen atoms in total. The van der Waals surface area contributed by atoms with Crippen molar-refractivity contribution < 1.29 is 4.74 Å². The van der Waals surface area contributed by atoms with E-state index in [9.17, 15) is 0 Å². The number of nitrogens with zero attached hydrogens (tertiary/aromatic N) is 1. The summed E-state index contributed by atoms with van der Waals surface area (Å²) >= 11 is 0. The number of ether oxygens (including phenoxy) is 1. The Hall–Kier alpha value is -0.570. The summed E-state index contributed by atoms with van der Waals surface area (Å²) in [6.07, 6.45) is 3.52. The lowest BCUT2D eigenvalue weighted by Gasteiger charge is -2.05. The smallest absolute Gasteiger partial charge is 0.0995 e. The van der Waals surface area contributed by atoms with Crippen molar-refractivity contribution in [2.24, 2.45) is 16.6 Å². The molecule has 0 radical (unpaired) electrons. The van der Waals surface area contributed by atoms with Crippen molar-refractivity contribution in [1.82, 2.24) is 0 Å². The van der Waals surface area contributed by atoms with E-state index in [1.807, 2.05) is 0 Å². The molecular formula is C8H14N2O. The third kappa shape index (κ3) is 1.71. The molecule has 62 valence electrons. The van der Waals surface area contributed by atoms with E-state index >= 15 is 0 Å². The van der Waals surface area contributed by atoms with Crippen molar-refractivity contribution >= 4 is 5.84 Å². The molecule has 0 aromatic carbocycles. The lowest BCUT2D eigenvalue weighted by molar-refractivity contribution is 0.193. The predicted molar refractivity (Wildman–Crippen MR) is 43.6 cm³/mol. The zero-order valence-electron chi connectivity index (χ0n) is 6.62. The number of aliphatic imine (C=N–C) groups is 1. The fraction of sp³-hybridized carbons (Fsp3) is 0.875. The monoisotopic (exact) mass is 154 g/mol. The molecule has 11 heavy (non-hydrogen) atoms. The molecule has 3 heteroatoms. The molecule has 0 aromatic rings. The van der Waals surface area contributed by atoms with E-state index in [0.29, 0.717) is 12.0 Å². The number of hydrogen-bond donors (Lipinski definition) is 1. The van der Waals surface area contributed by atoms with Gasteiger partial charge in [0.1, 0.15) is 0 Å². The van der Waals surface area contributed by atoms with Gasteiger partial charge in [-0.25, -0.2) is 0 Å². The molecule has 1 aliphatic heterocycles.